The molecule has 0 aliphatic carbocycles. The molecule has 2 amide bonds. The normalized spacial score (nSPS) is 10.2. The van der Waals surface area contributed by atoms with Crippen molar-refractivity contribution in [3.8, 4) is 0 Å². The van der Waals surface area contributed by atoms with Crippen LogP contribution in [0.3, 0.4) is 0 Å². The molecule has 3 aromatic carbocycles. The molecule has 3 rings (SSSR count). The van der Waals surface area contributed by atoms with Gasteiger partial charge in [0.25, 0.3) is 28.9 Å². The van der Waals surface area contributed by atoms with Crippen LogP contribution in [0.4, 0.5) is 28.4 Å². The van der Waals surface area contributed by atoms with Crippen molar-refractivity contribution in [2.24, 2.45) is 0 Å². The number of nitro benzene ring substituents is 3. The molecule has 13 nitrogen and oxygen atoms in total. The number of hydrogen-bond acceptors (Lipinski definition) is 8. The first-order valence-electron chi connectivity index (χ1n) is 9.05. The fourth-order valence-electron chi connectivity index (χ4n) is 2.78. The van der Waals surface area contributed by atoms with Crippen molar-refractivity contribution in [1.29, 1.82) is 0 Å². The highest BCUT2D eigenvalue weighted by molar-refractivity contribution is 6.09. The number of benzene rings is 3. The second-order valence-electron chi connectivity index (χ2n) is 6.55. The van der Waals surface area contributed by atoms with Crippen LogP contribution in [-0.2, 0) is 0 Å². The van der Waals surface area contributed by atoms with Crippen LogP contribution in [-0.4, -0.2) is 26.6 Å². The first kappa shape index (κ1) is 22.5. The Labute approximate surface area is 184 Å². The lowest BCUT2D eigenvalue weighted by atomic mass is 10.1. The van der Waals surface area contributed by atoms with Crippen LogP contribution in [0.2, 0.25) is 0 Å². The molecule has 33 heavy (non-hydrogen) atoms. The SMILES string of the molecule is O=C(Nc1cccc([N+](=O)[O-])c1)c1cc(C(=O)Nc2cccc([N+](=O)[O-])c2)cc([N+](=O)[O-])c1. The van der Waals surface area contributed by atoms with E-state index in [9.17, 15) is 39.9 Å². The minimum Gasteiger partial charge on any atom is -0.322 e. The second-order valence-corrected chi connectivity index (χ2v) is 6.55. The van der Waals surface area contributed by atoms with Gasteiger partial charge in [-0.3, -0.25) is 39.9 Å². The molecule has 0 spiro atoms. The van der Waals surface area contributed by atoms with E-state index in [-0.39, 0.29) is 33.9 Å². The summed E-state index contributed by atoms with van der Waals surface area (Å²) in [6.45, 7) is 0. The van der Waals surface area contributed by atoms with Crippen LogP contribution in [0.5, 0.6) is 0 Å². The monoisotopic (exact) mass is 451 g/mol. The molecule has 0 aliphatic rings. The lowest BCUT2D eigenvalue weighted by molar-refractivity contribution is -0.385. The third-order valence-electron chi connectivity index (χ3n) is 4.28. The predicted octanol–water partition coefficient (Wildman–Crippen LogP) is 3.92. The average Bonchev–Trinajstić information content (AvgIpc) is 2.79. The number of carbonyl (C=O) groups is 2. The molecule has 0 fully saturated rings. The molecule has 13 heteroatoms. The fraction of sp³-hybridized carbons (Fsp3) is 0. The fourth-order valence-corrected chi connectivity index (χ4v) is 2.78. The molecule has 0 atom stereocenters. The van der Waals surface area contributed by atoms with Gasteiger partial charge in [0.2, 0.25) is 0 Å². The number of nitro groups is 3. The minimum absolute atomic E-state index is 0.0725. The first-order chi connectivity index (χ1) is 15.6. The van der Waals surface area contributed by atoms with Gasteiger partial charge in [0.15, 0.2) is 0 Å². The second kappa shape index (κ2) is 9.30. The molecular weight excluding hydrogens is 438 g/mol. The Kier molecular flexibility index (Phi) is 6.34. The van der Waals surface area contributed by atoms with Crippen molar-refractivity contribution in [3.63, 3.8) is 0 Å². The van der Waals surface area contributed by atoms with Gasteiger partial charge in [-0.25, -0.2) is 0 Å². The van der Waals surface area contributed by atoms with Gasteiger partial charge in [0.1, 0.15) is 0 Å². The summed E-state index contributed by atoms with van der Waals surface area (Å²) >= 11 is 0. The molecular formula is C20H13N5O8. The highest BCUT2D eigenvalue weighted by Crippen LogP contribution is 2.23. The van der Waals surface area contributed by atoms with Crippen LogP contribution in [0.15, 0.2) is 66.7 Å². The van der Waals surface area contributed by atoms with Crippen molar-refractivity contribution in [2.75, 3.05) is 10.6 Å². The van der Waals surface area contributed by atoms with Gasteiger partial charge in [-0.1, -0.05) is 12.1 Å². The lowest BCUT2D eigenvalue weighted by Gasteiger charge is -2.09. The van der Waals surface area contributed by atoms with Crippen LogP contribution < -0.4 is 10.6 Å². The molecule has 0 heterocycles. The summed E-state index contributed by atoms with van der Waals surface area (Å²) in [4.78, 5) is 56.2. The summed E-state index contributed by atoms with van der Waals surface area (Å²) in [5, 5.41) is 37.8. The van der Waals surface area contributed by atoms with Crippen molar-refractivity contribution < 1.29 is 24.4 Å². The topological polar surface area (TPSA) is 188 Å². The number of nitrogens with zero attached hydrogens (tertiary/aromatic N) is 3. The molecule has 0 unspecified atom stereocenters. The van der Waals surface area contributed by atoms with E-state index in [0.717, 1.165) is 30.3 Å². The Bertz CT molecular complexity index is 1220. The van der Waals surface area contributed by atoms with Crippen LogP contribution in [0, 0.1) is 30.3 Å². The Morgan fingerprint density at radius 1 is 0.576 bits per heavy atom. The van der Waals surface area contributed by atoms with Gasteiger partial charge >= 0.3 is 0 Å². The summed E-state index contributed by atoms with van der Waals surface area (Å²) in [6, 6.07) is 13.1. The zero-order chi connectivity index (χ0) is 24.1. The van der Waals surface area contributed by atoms with E-state index in [2.05, 4.69) is 10.6 Å². The summed E-state index contributed by atoms with van der Waals surface area (Å²) in [5.41, 5.74) is -1.45. The van der Waals surface area contributed by atoms with Crippen LogP contribution >= 0.6 is 0 Å². The standard InChI is InChI=1S/C20H13N5O8/c26-19(21-14-3-1-5-16(10-14)23(28)29)12-7-13(9-18(8-12)25(32)33)20(27)22-15-4-2-6-17(11-15)24(30)31/h1-11H,(H,21,26)(H,22,27). The van der Waals surface area contributed by atoms with E-state index in [1.807, 2.05) is 0 Å². The van der Waals surface area contributed by atoms with Gasteiger partial charge in [-0.2, -0.15) is 0 Å². The van der Waals surface area contributed by atoms with Crippen LogP contribution in [0.25, 0.3) is 0 Å². The maximum absolute atomic E-state index is 12.6. The zero-order valence-corrected chi connectivity index (χ0v) is 16.5. The molecule has 0 bridgehead atoms. The van der Waals surface area contributed by atoms with Crippen molar-refractivity contribution >= 4 is 40.3 Å². The van der Waals surface area contributed by atoms with Crippen molar-refractivity contribution in [2.45, 2.75) is 0 Å². The van der Waals surface area contributed by atoms with Gasteiger partial charge in [0, 0.05) is 58.9 Å². The summed E-state index contributed by atoms with van der Waals surface area (Å²) in [5.74, 6) is -1.69. The molecule has 166 valence electrons. The maximum Gasteiger partial charge on any atom is 0.271 e. The zero-order valence-electron chi connectivity index (χ0n) is 16.5. The van der Waals surface area contributed by atoms with Crippen LogP contribution in [0.1, 0.15) is 20.7 Å². The third kappa shape index (κ3) is 5.49. The van der Waals surface area contributed by atoms with E-state index in [4.69, 9.17) is 0 Å². The summed E-state index contributed by atoms with van der Waals surface area (Å²) < 4.78 is 0. The smallest absolute Gasteiger partial charge is 0.271 e. The maximum atomic E-state index is 12.6. The molecule has 0 aromatic heterocycles. The Morgan fingerprint density at radius 2 is 0.970 bits per heavy atom. The van der Waals surface area contributed by atoms with Gasteiger partial charge in [-0.05, 0) is 18.2 Å². The number of rotatable bonds is 7. The van der Waals surface area contributed by atoms with Gasteiger partial charge in [0.05, 0.1) is 14.8 Å². The lowest BCUT2D eigenvalue weighted by Crippen LogP contribution is -2.16. The highest BCUT2D eigenvalue weighted by Gasteiger charge is 2.19. The molecule has 0 saturated heterocycles. The number of non-ortho nitro benzene ring substituents is 3. The number of hydrogen-bond donors (Lipinski definition) is 2. The highest BCUT2D eigenvalue weighted by atomic mass is 16.6. The van der Waals surface area contributed by atoms with Crippen molar-refractivity contribution in [1.82, 2.24) is 0 Å². The van der Waals surface area contributed by atoms with Crippen molar-refractivity contribution in [3.05, 3.63) is 108 Å². The Morgan fingerprint density at radius 3 is 1.33 bits per heavy atom. The summed E-state index contributed by atoms with van der Waals surface area (Å²) in [6.07, 6.45) is 0. The number of anilines is 2. The molecule has 0 radical (unpaired) electrons. The third-order valence-corrected chi connectivity index (χ3v) is 4.28. The number of carbonyl (C=O) groups excluding carboxylic acids is 2. The minimum atomic E-state index is -0.844. The molecule has 3 aromatic rings. The van der Waals surface area contributed by atoms with E-state index in [1.54, 1.807) is 0 Å². The first-order valence-corrected chi connectivity index (χ1v) is 9.05. The summed E-state index contributed by atoms with van der Waals surface area (Å²) in [7, 11) is 0. The largest absolute Gasteiger partial charge is 0.322 e. The molecule has 2 N–H and O–H groups in total. The average molecular weight is 451 g/mol. The molecule has 0 saturated carbocycles. The van der Waals surface area contributed by atoms with E-state index in [0.29, 0.717) is 0 Å². The van der Waals surface area contributed by atoms with E-state index >= 15 is 0 Å². The molecule has 0 aliphatic heterocycles. The predicted molar refractivity (Wildman–Crippen MR) is 115 cm³/mol. The number of amides is 2. The van der Waals surface area contributed by atoms with Gasteiger partial charge in [-0.15, -0.1) is 0 Å². The number of nitrogens with one attached hydrogen (secondary N) is 2. The van der Waals surface area contributed by atoms with Gasteiger partial charge < -0.3 is 10.6 Å². The van der Waals surface area contributed by atoms with E-state index < -0.39 is 32.3 Å². The Balaban J connectivity index is 1.89. The van der Waals surface area contributed by atoms with E-state index in [1.165, 1.54) is 36.4 Å². The Hall–Kier alpha value is -5.20. The quantitative estimate of drug-likeness (QED) is 0.399.